The van der Waals surface area contributed by atoms with Crippen molar-refractivity contribution >= 4 is 25.5 Å². The van der Waals surface area contributed by atoms with Crippen LogP contribution in [0.2, 0.25) is 0 Å². The third-order valence-corrected chi connectivity index (χ3v) is 10.9. The number of methoxy groups -OCH3 is 1. The van der Waals surface area contributed by atoms with Crippen LogP contribution in [0.1, 0.15) is 78.9 Å². The molecule has 0 aliphatic carbocycles. The largest absolute Gasteiger partial charge is 0.479 e. The molecule has 1 fully saturated rings. The number of hydrogen-bond donors (Lipinski definition) is 3. The maximum Gasteiger partial charge on any atom is 0.347 e. The number of likely N-dealkylation sites (N-methyl/N-ethyl adjacent to an activating group) is 2. The van der Waals surface area contributed by atoms with Crippen molar-refractivity contribution in [3.8, 4) is 0 Å². The van der Waals surface area contributed by atoms with E-state index >= 15 is 4.57 Å². The number of aliphatic hydroxyl groups is 2. The molecule has 2 heterocycles. The number of aliphatic hydroxyl groups excluding tert-OH is 1. The normalized spacial score (nSPS) is 23.0. The number of rotatable bonds is 18. The summed E-state index contributed by atoms with van der Waals surface area (Å²) < 4.78 is 47.8. The SMILES string of the molecule is C=C(N)/N=C(/OC)c1ncn([C@@H]2O[C@H](COP(=O)(N(C)[C@@H](CC(C)C)C(=O)OCC)N(C)[C@@H](CC(C)C)C(=O)OCC)C(O)C2(C)O)c1C. The van der Waals surface area contributed by atoms with Crippen LogP contribution in [0.4, 0.5) is 0 Å². The second-order valence-electron chi connectivity index (χ2n) is 13.1. The average molecular weight is 717 g/mol. The second-order valence-corrected chi connectivity index (χ2v) is 15.6. The highest BCUT2D eigenvalue weighted by molar-refractivity contribution is 7.54. The molecule has 2 unspecified atom stereocenters. The fourth-order valence-corrected chi connectivity index (χ4v) is 7.90. The molecule has 17 heteroatoms. The van der Waals surface area contributed by atoms with E-state index in [1.807, 2.05) is 27.7 Å². The summed E-state index contributed by atoms with van der Waals surface area (Å²) >= 11 is 0. The lowest BCUT2D eigenvalue weighted by atomic mass is 9.96. The van der Waals surface area contributed by atoms with Crippen LogP contribution in [-0.2, 0) is 37.6 Å². The van der Waals surface area contributed by atoms with Crippen molar-refractivity contribution in [2.24, 2.45) is 22.6 Å². The average Bonchev–Trinajstić information content (AvgIpc) is 3.49. The zero-order chi connectivity index (χ0) is 37.4. The predicted octanol–water partition coefficient (Wildman–Crippen LogP) is 2.97. The standard InChI is InChI=1S/C32H57N6O10P/c1-13-45-29(40)23(15-19(3)4)36(10)49(43,37(11)24(16-20(5)6)30(41)46-14-2)47-17-25-27(39)32(9,42)31(48-25)38-18-34-26(21(38)7)28(44-12)35-22(8)33/h18-20,23-25,27,31,39,42H,8,13-17,33H2,1-7,9-12H3/b35-28+/t23-,24-,25+,27?,31+,32?/m0/s1. The van der Waals surface area contributed by atoms with E-state index < -0.39 is 62.3 Å². The molecule has 0 aromatic carbocycles. The van der Waals surface area contributed by atoms with E-state index in [9.17, 15) is 19.8 Å². The molecular formula is C32H57N6O10P. The van der Waals surface area contributed by atoms with Gasteiger partial charge in [-0.25, -0.2) is 14.3 Å². The molecule has 1 aliphatic heterocycles. The van der Waals surface area contributed by atoms with Gasteiger partial charge in [0.2, 0.25) is 5.90 Å². The predicted molar refractivity (Wildman–Crippen MR) is 183 cm³/mol. The van der Waals surface area contributed by atoms with Crippen molar-refractivity contribution in [3.63, 3.8) is 0 Å². The highest BCUT2D eigenvalue weighted by atomic mass is 31.2. The van der Waals surface area contributed by atoms with Gasteiger partial charge in [0.15, 0.2) is 6.23 Å². The van der Waals surface area contributed by atoms with Gasteiger partial charge in [0, 0.05) is 5.69 Å². The van der Waals surface area contributed by atoms with E-state index in [0.29, 0.717) is 11.4 Å². The van der Waals surface area contributed by atoms with Crippen molar-refractivity contribution in [2.45, 2.75) is 104 Å². The molecule has 6 atom stereocenters. The van der Waals surface area contributed by atoms with Crippen LogP contribution < -0.4 is 5.73 Å². The number of carbonyl (C=O) groups excluding carboxylic acids is 2. The molecule has 0 saturated carbocycles. The minimum absolute atomic E-state index is 0.000839. The Bertz CT molecular complexity index is 1320. The van der Waals surface area contributed by atoms with Crippen LogP contribution in [0.15, 0.2) is 23.7 Å². The first-order valence-electron chi connectivity index (χ1n) is 16.5. The number of aromatic nitrogens is 2. The molecule has 280 valence electrons. The lowest BCUT2D eigenvalue weighted by Gasteiger charge is -2.41. The molecule has 49 heavy (non-hydrogen) atoms. The van der Waals surface area contributed by atoms with Gasteiger partial charge in [-0.1, -0.05) is 34.3 Å². The Kier molecular flexibility index (Phi) is 15.4. The number of aliphatic imine (C=N–C) groups is 1. The van der Waals surface area contributed by atoms with Crippen LogP contribution in [0.25, 0.3) is 0 Å². The van der Waals surface area contributed by atoms with E-state index in [4.69, 9.17) is 29.2 Å². The molecule has 0 spiro atoms. The number of esters is 2. The minimum Gasteiger partial charge on any atom is -0.479 e. The zero-order valence-corrected chi connectivity index (χ0v) is 31.7. The third-order valence-electron chi connectivity index (χ3n) is 8.30. The molecule has 16 nitrogen and oxygen atoms in total. The Morgan fingerprint density at radius 3 is 2.02 bits per heavy atom. The highest BCUT2D eigenvalue weighted by Gasteiger charge is 2.55. The number of ether oxygens (including phenoxy) is 4. The third kappa shape index (κ3) is 9.90. The van der Waals surface area contributed by atoms with E-state index in [1.165, 1.54) is 48.4 Å². The molecule has 1 aliphatic rings. The zero-order valence-electron chi connectivity index (χ0n) is 30.8. The molecular weight excluding hydrogens is 659 g/mol. The topological polar surface area (TPSA) is 200 Å². The first-order chi connectivity index (χ1) is 22.8. The van der Waals surface area contributed by atoms with Crippen LogP contribution in [0.3, 0.4) is 0 Å². The van der Waals surface area contributed by atoms with E-state index in [0.717, 1.165) is 0 Å². The maximum atomic E-state index is 15.3. The fourth-order valence-electron chi connectivity index (χ4n) is 5.67. The van der Waals surface area contributed by atoms with Crippen molar-refractivity contribution in [3.05, 3.63) is 30.1 Å². The summed E-state index contributed by atoms with van der Waals surface area (Å²) in [6, 6.07) is -2.01. The molecule has 0 bridgehead atoms. The van der Waals surface area contributed by atoms with Crippen molar-refractivity contribution in [1.29, 1.82) is 0 Å². The van der Waals surface area contributed by atoms with Crippen LogP contribution in [0, 0.1) is 18.8 Å². The number of nitrogens with zero attached hydrogens (tertiary/aromatic N) is 5. The fraction of sp³-hybridized carbons (Fsp3) is 0.750. The van der Waals surface area contributed by atoms with Crippen LogP contribution in [-0.4, -0.2) is 118 Å². The lowest BCUT2D eigenvalue weighted by Crippen LogP contribution is -2.48. The van der Waals surface area contributed by atoms with Crippen molar-refractivity contribution < 1.29 is 47.8 Å². The molecule has 4 N–H and O–H groups in total. The van der Waals surface area contributed by atoms with Gasteiger partial charge >= 0.3 is 19.6 Å². The number of nitrogens with two attached hydrogens (primary N) is 1. The summed E-state index contributed by atoms with van der Waals surface area (Å²) in [6.07, 6.45) is -1.97. The van der Waals surface area contributed by atoms with Gasteiger partial charge in [0.05, 0.1) is 33.3 Å². The smallest absolute Gasteiger partial charge is 0.347 e. The molecule has 0 radical (unpaired) electrons. The maximum absolute atomic E-state index is 15.3. The van der Waals surface area contributed by atoms with Gasteiger partial charge in [0.25, 0.3) is 0 Å². The summed E-state index contributed by atoms with van der Waals surface area (Å²) in [5.41, 5.74) is 4.54. The summed E-state index contributed by atoms with van der Waals surface area (Å²) in [5, 5.41) is 22.9. The summed E-state index contributed by atoms with van der Waals surface area (Å²) in [6.45, 7) is 17.4. The van der Waals surface area contributed by atoms with Gasteiger partial charge in [-0.05, 0) is 66.5 Å². The molecule has 1 aromatic rings. The van der Waals surface area contributed by atoms with Crippen molar-refractivity contribution in [2.75, 3.05) is 41.0 Å². The number of carbonyl (C=O) groups is 2. The Hall–Kier alpha value is -2.85. The van der Waals surface area contributed by atoms with Gasteiger partial charge < -0.3 is 44.0 Å². The molecule has 2 rings (SSSR count). The summed E-state index contributed by atoms with van der Waals surface area (Å²) in [7, 11) is 0.0413. The first kappa shape index (κ1) is 42.3. The second kappa shape index (κ2) is 17.9. The Morgan fingerprint density at radius 1 is 1.12 bits per heavy atom. The summed E-state index contributed by atoms with van der Waals surface area (Å²) in [5.74, 6) is -1.12. The van der Waals surface area contributed by atoms with E-state index in [-0.39, 0.29) is 49.6 Å². The lowest BCUT2D eigenvalue weighted by molar-refractivity contribution is -0.148. The number of hydrogen-bond acceptors (Lipinski definition) is 13. The number of imidazole rings is 1. The monoisotopic (exact) mass is 716 g/mol. The van der Waals surface area contributed by atoms with E-state index in [2.05, 4.69) is 16.6 Å². The first-order valence-corrected chi connectivity index (χ1v) is 18.0. The molecule has 0 amide bonds. The Labute approximate surface area is 290 Å². The van der Waals surface area contributed by atoms with Gasteiger partial charge in [-0.15, -0.1) is 0 Å². The van der Waals surface area contributed by atoms with Gasteiger partial charge in [0.1, 0.15) is 41.4 Å². The highest BCUT2D eigenvalue weighted by Crippen LogP contribution is 2.56. The van der Waals surface area contributed by atoms with Crippen LogP contribution >= 0.6 is 7.67 Å². The van der Waals surface area contributed by atoms with E-state index in [1.54, 1.807) is 20.8 Å². The molecule has 1 aromatic heterocycles. The molecule has 1 saturated heterocycles. The van der Waals surface area contributed by atoms with Crippen molar-refractivity contribution in [1.82, 2.24) is 18.9 Å². The summed E-state index contributed by atoms with van der Waals surface area (Å²) in [4.78, 5) is 34.9. The quantitative estimate of drug-likeness (QED) is 0.0867. The van der Waals surface area contributed by atoms with Crippen LogP contribution in [0.5, 0.6) is 0 Å². The minimum atomic E-state index is -4.31. The Morgan fingerprint density at radius 2 is 1.61 bits per heavy atom. The van der Waals surface area contributed by atoms with Gasteiger partial charge in [-0.3, -0.25) is 14.2 Å². The Balaban J connectivity index is 2.57. The van der Waals surface area contributed by atoms with Gasteiger partial charge in [-0.2, -0.15) is 4.99 Å².